The number of nitrogens with zero attached hydrogens (tertiary/aromatic N) is 2. The minimum Gasteiger partial charge on any atom is -0.391 e. The fourth-order valence-corrected chi connectivity index (χ4v) is 2.47. The van der Waals surface area contributed by atoms with E-state index in [1.807, 2.05) is 6.21 Å². The van der Waals surface area contributed by atoms with E-state index in [0.29, 0.717) is 6.17 Å². The van der Waals surface area contributed by atoms with E-state index in [1.54, 1.807) is 0 Å². The zero-order valence-electron chi connectivity index (χ0n) is 11.3. The van der Waals surface area contributed by atoms with Crippen molar-refractivity contribution in [1.82, 2.24) is 0 Å². The van der Waals surface area contributed by atoms with Gasteiger partial charge in [-0.2, -0.15) is 0 Å². The lowest BCUT2D eigenvalue weighted by atomic mass is 10.2. The molecule has 1 aliphatic rings. The number of quaternary nitrogens is 1. The maximum absolute atomic E-state index is 9.19. The second-order valence-electron chi connectivity index (χ2n) is 4.83. The topological polar surface area (TPSA) is 32.6 Å². The summed E-state index contributed by atoms with van der Waals surface area (Å²) in [6.07, 6.45) is 11.6. The second kappa shape index (κ2) is 7.62. The van der Waals surface area contributed by atoms with E-state index < -0.39 is 0 Å². The summed E-state index contributed by atoms with van der Waals surface area (Å²) in [5.74, 6) is 0. The van der Waals surface area contributed by atoms with Gasteiger partial charge in [0, 0.05) is 6.42 Å². The normalized spacial score (nSPS) is 28.3. The van der Waals surface area contributed by atoms with Crippen LogP contribution >= 0.6 is 0 Å². The number of likely N-dealkylation sites (N-methyl/N-ethyl adjacent to an activating group) is 1. The van der Waals surface area contributed by atoms with Crippen LogP contribution in [0.15, 0.2) is 17.1 Å². The summed E-state index contributed by atoms with van der Waals surface area (Å²) in [6, 6.07) is 0. The van der Waals surface area contributed by atoms with E-state index in [2.05, 4.69) is 31.0 Å². The SMILES string of the molecule is CCCC/C=C/CC1N=CC[N+]1(CC)CCO. The molecule has 3 nitrogen and oxygen atoms in total. The zero-order valence-corrected chi connectivity index (χ0v) is 11.3. The molecule has 3 heteroatoms. The first-order valence-corrected chi connectivity index (χ1v) is 6.92. The molecule has 0 aliphatic carbocycles. The molecule has 2 unspecified atom stereocenters. The standard InChI is InChI=1S/C14H27N2O/c1-3-5-6-7-8-9-14-15-10-11-16(14,4-2)12-13-17/h7-8,10,14,17H,3-6,9,11-13H2,1-2H3/q+1/b8-7+. The Labute approximate surface area is 105 Å². The van der Waals surface area contributed by atoms with Crippen molar-refractivity contribution in [1.29, 1.82) is 0 Å². The van der Waals surface area contributed by atoms with Crippen LogP contribution in [0.3, 0.4) is 0 Å². The number of aliphatic hydroxyl groups is 1. The van der Waals surface area contributed by atoms with Crippen molar-refractivity contribution >= 4 is 6.21 Å². The van der Waals surface area contributed by atoms with Crippen LogP contribution in [-0.4, -0.2) is 48.2 Å². The van der Waals surface area contributed by atoms with Crippen molar-refractivity contribution < 1.29 is 9.59 Å². The van der Waals surface area contributed by atoms with E-state index in [9.17, 15) is 5.11 Å². The summed E-state index contributed by atoms with van der Waals surface area (Å²) in [6.45, 7) is 7.52. The smallest absolute Gasteiger partial charge is 0.186 e. The number of aliphatic imine (C=N–C) groups is 1. The predicted octanol–water partition coefficient (Wildman–Crippen LogP) is 2.36. The van der Waals surface area contributed by atoms with Crippen molar-refractivity contribution in [2.24, 2.45) is 4.99 Å². The van der Waals surface area contributed by atoms with E-state index in [4.69, 9.17) is 0 Å². The lowest BCUT2D eigenvalue weighted by Gasteiger charge is -2.37. The van der Waals surface area contributed by atoms with Crippen molar-refractivity contribution in [2.45, 2.75) is 45.7 Å². The fraction of sp³-hybridized carbons (Fsp3) is 0.786. The van der Waals surface area contributed by atoms with Gasteiger partial charge >= 0.3 is 0 Å². The lowest BCUT2D eigenvalue weighted by molar-refractivity contribution is -0.935. The van der Waals surface area contributed by atoms with Crippen LogP contribution in [0.4, 0.5) is 0 Å². The molecule has 2 atom stereocenters. The number of allylic oxidation sites excluding steroid dienone is 1. The molecule has 0 aromatic rings. The maximum Gasteiger partial charge on any atom is 0.186 e. The molecule has 0 aromatic carbocycles. The van der Waals surface area contributed by atoms with Crippen LogP contribution in [0.1, 0.15) is 39.5 Å². The van der Waals surface area contributed by atoms with E-state index >= 15 is 0 Å². The van der Waals surface area contributed by atoms with Crippen molar-refractivity contribution in [3.8, 4) is 0 Å². The summed E-state index contributed by atoms with van der Waals surface area (Å²) < 4.78 is 0.925. The van der Waals surface area contributed by atoms with Gasteiger partial charge in [-0.3, -0.25) is 4.48 Å². The molecule has 0 bridgehead atoms. The molecule has 0 fully saturated rings. The van der Waals surface area contributed by atoms with Gasteiger partial charge in [0.1, 0.15) is 13.1 Å². The molecule has 0 aromatic heterocycles. The first-order chi connectivity index (χ1) is 8.29. The molecule has 1 heterocycles. The fourth-order valence-electron chi connectivity index (χ4n) is 2.47. The Bertz CT molecular complexity index is 263. The summed E-state index contributed by atoms with van der Waals surface area (Å²) in [5.41, 5.74) is 0. The van der Waals surface area contributed by atoms with Gasteiger partial charge in [-0.05, 0) is 13.3 Å². The number of hydrogen-bond acceptors (Lipinski definition) is 2. The summed E-state index contributed by atoms with van der Waals surface area (Å²) in [5, 5.41) is 9.19. The highest BCUT2D eigenvalue weighted by Gasteiger charge is 2.36. The highest BCUT2D eigenvalue weighted by Crippen LogP contribution is 2.22. The largest absolute Gasteiger partial charge is 0.391 e. The Morgan fingerprint density at radius 1 is 1.41 bits per heavy atom. The molecule has 1 N–H and O–H groups in total. The Morgan fingerprint density at radius 3 is 2.88 bits per heavy atom. The first-order valence-electron chi connectivity index (χ1n) is 6.92. The molecule has 0 spiro atoms. The maximum atomic E-state index is 9.19. The number of aliphatic hydroxyl groups excluding tert-OH is 1. The quantitative estimate of drug-likeness (QED) is 0.394. The molecule has 17 heavy (non-hydrogen) atoms. The first kappa shape index (κ1) is 14.4. The molecule has 0 amide bonds. The number of rotatable bonds is 8. The van der Waals surface area contributed by atoms with Gasteiger partial charge in [-0.15, -0.1) is 0 Å². The van der Waals surface area contributed by atoms with Crippen molar-refractivity contribution in [3.63, 3.8) is 0 Å². The van der Waals surface area contributed by atoms with Crippen LogP contribution in [0.5, 0.6) is 0 Å². The van der Waals surface area contributed by atoms with Gasteiger partial charge in [0.25, 0.3) is 0 Å². The molecular formula is C14H27N2O+. The molecular weight excluding hydrogens is 212 g/mol. The van der Waals surface area contributed by atoms with Crippen LogP contribution in [0.25, 0.3) is 0 Å². The number of hydrogen-bond donors (Lipinski definition) is 1. The molecule has 0 radical (unpaired) electrons. The summed E-state index contributed by atoms with van der Waals surface area (Å²) in [7, 11) is 0. The van der Waals surface area contributed by atoms with Gasteiger partial charge in [0.2, 0.25) is 0 Å². The lowest BCUT2D eigenvalue weighted by Crippen LogP contribution is -2.53. The second-order valence-corrected chi connectivity index (χ2v) is 4.83. The highest BCUT2D eigenvalue weighted by atomic mass is 16.3. The monoisotopic (exact) mass is 239 g/mol. The molecule has 98 valence electrons. The highest BCUT2D eigenvalue weighted by molar-refractivity contribution is 5.60. The minimum atomic E-state index is 0.257. The third-order valence-corrected chi connectivity index (χ3v) is 3.77. The van der Waals surface area contributed by atoms with Gasteiger partial charge in [-0.1, -0.05) is 31.9 Å². The van der Waals surface area contributed by atoms with Crippen LogP contribution in [0, 0.1) is 0 Å². The van der Waals surface area contributed by atoms with Crippen molar-refractivity contribution in [3.05, 3.63) is 12.2 Å². The Kier molecular flexibility index (Phi) is 6.45. The van der Waals surface area contributed by atoms with E-state index in [1.165, 1.54) is 19.3 Å². The van der Waals surface area contributed by atoms with E-state index in [0.717, 1.165) is 30.5 Å². The molecule has 1 rings (SSSR count). The predicted molar refractivity (Wildman–Crippen MR) is 73.2 cm³/mol. The molecule has 0 saturated heterocycles. The number of unbranched alkanes of at least 4 members (excludes halogenated alkanes) is 2. The Balaban J connectivity index is 2.44. The Hall–Kier alpha value is -0.670. The van der Waals surface area contributed by atoms with Gasteiger partial charge in [0.15, 0.2) is 6.17 Å². The van der Waals surface area contributed by atoms with Gasteiger partial charge < -0.3 is 5.11 Å². The minimum absolute atomic E-state index is 0.257. The Morgan fingerprint density at radius 2 is 2.24 bits per heavy atom. The average molecular weight is 239 g/mol. The third kappa shape index (κ3) is 3.93. The van der Waals surface area contributed by atoms with Crippen LogP contribution < -0.4 is 0 Å². The molecule has 0 saturated carbocycles. The zero-order chi connectivity index (χ0) is 12.6. The van der Waals surface area contributed by atoms with Gasteiger partial charge in [0.05, 0.1) is 19.4 Å². The van der Waals surface area contributed by atoms with Crippen LogP contribution in [0.2, 0.25) is 0 Å². The summed E-state index contributed by atoms with van der Waals surface area (Å²) >= 11 is 0. The third-order valence-electron chi connectivity index (χ3n) is 3.77. The van der Waals surface area contributed by atoms with Crippen LogP contribution in [-0.2, 0) is 0 Å². The summed E-state index contributed by atoms with van der Waals surface area (Å²) in [4.78, 5) is 4.58. The van der Waals surface area contributed by atoms with Crippen molar-refractivity contribution in [2.75, 3.05) is 26.2 Å². The molecule has 1 aliphatic heterocycles. The van der Waals surface area contributed by atoms with Gasteiger partial charge in [-0.25, -0.2) is 4.99 Å². The average Bonchev–Trinajstić information content (AvgIpc) is 2.73. The van der Waals surface area contributed by atoms with E-state index in [-0.39, 0.29) is 6.61 Å².